The molecular formula is C28H21ClN4O5. The van der Waals surface area contributed by atoms with Crippen molar-refractivity contribution in [3.63, 3.8) is 0 Å². The molecule has 0 saturated heterocycles. The van der Waals surface area contributed by atoms with Gasteiger partial charge < -0.3 is 19.5 Å². The second-order valence-corrected chi connectivity index (χ2v) is 9.45. The number of aromatic carboxylic acids is 1. The lowest BCUT2D eigenvalue weighted by Crippen LogP contribution is -2.40. The summed E-state index contributed by atoms with van der Waals surface area (Å²) in [6.07, 6.45) is 0.575. The van der Waals surface area contributed by atoms with Crippen LogP contribution in [0.15, 0.2) is 75.9 Å². The number of aromatic hydroxyl groups is 1. The number of oxazole rings is 1. The summed E-state index contributed by atoms with van der Waals surface area (Å²) in [6, 6.07) is 18.9. The lowest BCUT2D eigenvalue weighted by molar-refractivity contribution is 0.0696. The lowest BCUT2D eigenvalue weighted by atomic mass is 9.87. The minimum absolute atomic E-state index is 0.0162. The van der Waals surface area contributed by atoms with Gasteiger partial charge in [-0.2, -0.15) is 0 Å². The van der Waals surface area contributed by atoms with Crippen LogP contribution in [0.4, 0.5) is 5.95 Å². The monoisotopic (exact) mass is 528 g/mol. The van der Waals surface area contributed by atoms with Gasteiger partial charge in [-0.05, 0) is 53.4 Å². The van der Waals surface area contributed by atoms with Crippen LogP contribution in [0, 0.1) is 0 Å². The van der Waals surface area contributed by atoms with E-state index >= 15 is 0 Å². The van der Waals surface area contributed by atoms with E-state index in [0.29, 0.717) is 29.1 Å². The maximum Gasteiger partial charge on any atom is 0.335 e. The number of fused-ring (bicyclic) bond motifs is 2. The Hall–Kier alpha value is -4.63. The Kier molecular flexibility index (Phi) is 5.65. The Labute approximate surface area is 221 Å². The number of hydrogen-bond donors (Lipinski definition) is 2. The number of benzene rings is 3. The fourth-order valence-corrected chi connectivity index (χ4v) is 5.19. The molecule has 9 nitrogen and oxygen atoms in total. The van der Waals surface area contributed by atoms with Gasteiger partial charge in [-0.15, -0.1) is 0 Å². The molecule has 190 valence electrons. The summed E-state index contributed by atoms with van der Waals surface area (Å²) in [6.45, 7) is 0.452. The summed E-state index contributed by atoms with van der Waals surface area (Å²) in [7, 11) is 1.52. The largest absolute Gasteiger partial charge is 0.501 e. The number of aromatic nitrogens is 3. The maximum absolute atomic E-state index is 13.2. The molecule has 1 aliphatic rings. The average Bonchev–Trinajstić information content (AvgIpc) is 3.35. The number of carbonyl (C=O) groups is 1. The fourth-order valence-electron chi connectivity index (χ4n) is 4.95. The van der Waals surface area contributed by atoms with Crippen LogP contribution in [-0.2, 0) is 13.5 Å². The summed E-state index contributed by atoms with van der Waals surface area (Å²) in [5, 5.41) is 20.9. The van der Waals surface area contributed by atoms with E-state index in [1.54, 1.807) is 36.4 Å². The third-order valence-corrected chi connectivity index (χ3v) is 7.16. The second-order valence-electron chi connectivity index (χ2n) is 9.05. The minimum atomic E-state index is -1.05. The maximum atomic E-state index is 13.2. The lowest BCUT2D eigenvalue weighted by Gasteiger charge is -2.39. The zero-order valence-electron chi connectivity index (χ0n) is 20.1. The summed E-state index contributed by atoms with van der Waals surface area (Å²) < 4.78 is 7.08. The van der Waals surface area contributed by atoms with Crippen LogP contribution in [0.25, 0.3) is 22.7 Å². The number of hydrogen-bond acceptors (Lipinski definition) is 7. The Balaban J connectivity index is 1.58. The third-order valence-electron chi connectivity index (χ3n) is 6.82. The molecule has 0 unspecified atom stereocenters. The topological polar surface area (TPSA) is 122 Å². The first kappa shape index (κ1) is 23.7. The van der Waals surface area contributed by atoms with Gasteiger partial charge in [0, 0.05) is 18.6 Å². The van der Waals surface area contributed by atoms with Crippen LogP contribution in [-0.4, -0.2) is 37.3 Å². The average molecular weight is 529 g/mol. The van der Waals surface area contributed by atoms with Crippen molar-refractivity contribution >= 4 is 34.6 Å². The van der Waals surface area contributed by atoms with Crippen molar-refractivity contribution in [3.8, 4) is 17.3 Å². The van der Waals surface area contributed by atoms with Gasteiger partial charge in [-0.1, -0.05) is 48.0 Å². The smallest absolute Gasteiger partial charge is 0.335 e. The number of carboxylic acids is 1. The van der Waals surface area contributed by atoms with Gasteiger partial charge in [0.25, 0.3) is 11.4 Å². The van der Waals surface area contributed by atoms with E-state index in [9.17, 15) is 19.8 Å². The first-order valence-corrected chi connectivity index (χ1v) is 12.2. The molecule has 0 spiro atoms. The Bertz CT molecular complexity index is 1760. The van der Waals surface area contributed by atoms with E-state index in [1.807, 2.05) is 35.2 Å². The predicted molar refractivity (Wildman–Crippen MR) is 142 cm³/mol. The van der Waals surface area contributed by atoms with Crippen LogP contribution in [0.5, 0.6) is 5.75 Å². The van der Waals surface area contributed by atoms with Crippen molar-refractivity contribution in [1.29, 1.82) is 0 Å². The van der Waals surface area contributed by atoms with Gasteiger partial charge in [0.2, 0.25) is 11.7 Å². The van der Waals surface area contributed by atoms with Gasteiger partial charge in [0.15, 0.2) is 11.3 Å². The molecule has 1 aliphatic heterocycles. The van der Waals surface area contributed by atoms with E-state index in [0.717, 1.165) is 16.7 Å². The molecule has 3 aromatic carbocycles. The van der Waals surface area contributed by atoms with Crippen molar-refractivity contribution in [1.82, 2.24) is 14.5 Å². The molecule has 5 aromatic rings. The third kappa shape index (κ3) is 3.79. The van der Waals surface area contributed by atoms with Crippen LogP contribution in [0.1, 0.15) is 33.1 Å². The van der Waals surface area contributed by atoms with Crippen LogP contribution < -0.4 is 10.5 Å². The predicted octanol–water partition coefficient (Wildman–Crippen LogP) is 4.80. The van der Waals surface area contributed by atoms with Crippen molar-refractivity contribution in [2.75, 3.05) is 11.4 Å². The molecule has 1 atom stereocenters. The number of anilines is 1. The van der Waals surface area contributed by atoms with Gasteiger partial charge in [0.1, 0.15) is 5.52 Å². The highest BCUT2D eigenvalue weighted by Crippen LogP contribution is 2.41. The summed E-state index contributed by atoms with van der Waals surface area (Å²) in [4.78, 5) is 36.0. The Morgan fingerprint density at radius 2 is 1.82 bits per heavy atom. The molecule has 0 bridgehead atoms. The van der Waals surface area contributed by atoms with Crippen LogP contribution in [0.2, 0.25) is 5.02 Å². The molecule has 0 aliphatic carbocycles. The molecule has 6 rings (SSSR count). The summed E-state index contributed by atoms with van der Waals surface area (Å²) in [5.74, 6) is -1.36. The van der Waals surface area contributed by atoms with Crippen LogP contribution >= 0.6 is 11.6 Å². The highest BCUT2D eigenvalue weighted by Gasteiger charge is 2.34. The molecule has 0 amide bonds. The molecule has 38 heavy (non-hydrogen) atoms. The zero-order chi connectivity index (χ0) is 26.6. The normalized spacial score (nSPS) is 15.0. The molecule has 0 saturated carbocycles. The van der Waals surface area contributed by atoms with Crippen LogP contribution in [0.3, 0.4) is 0 Å². The van der Waals surface area contributed by atoms with E-state index in [1.165, 1.54) is 11.6 Å². The standard InChI is InChI=1S/C28H21ClN4O5/c1-32-26(35)24(34)22(25-30-20-8-4-5-9-21(20)38-25)31-28(32)33-13-12-15-10-11-16(27(36)37)14-18(15)23(33)17-6-2-3-7-19(17)29/h2-11,14,23,34H,12-13H2,1H3,(H,36,37)/t23-/m0/s1. The molecule has 0 radical (unpaired) electrons. The molecule has 2 aromatic heterocycles. The summed E-state index contributed by atoms with van der Waals surface area (Å²) in [5.41, 5.74) is 2.89. The van der Waals surface area contributed by atoms with E-state index < -0.39 is 23.3 Å². The van der Waals surface area contributed by atoms with Gasteiger partial charge in [0.05, 0.1) is 11.6 Å². The van der Waals surface area contributed by atoms with Crippen molar-refractivity contribution < 1.29 is 19.4 Å². The number of nitrogens with zero attached hydrogens (tertiary/aromatic N) is 4. The van der Waals surface area contributed by atoms with Crippen molar-refractivity contribution in [2.24, 2.45) is 7.05 Å². The quantitative estimate of drug-likeness (QED) is 0.341. The van der Waals surface area contributed by atoms with E-state index in [4.69, 9.17) is 16.0 Å². The molecule has 10 heteroatoms. The number of rotatable bonds is 4. The van der Waals surface area contributed by atoms with Crippen molar-refractivity contribution in [3.05, 3.63) is 104 Å². The number of para-hydroxylation sites is 2. The van der Waals surface area contributed by atoms with E-state index in [2.05, 4.69) is 9.97 Å². The molecule has 3 heterocycles. The highest BCUT2D eigenvalue weighted by atomic mass is 35.5. The first-order chi connectivity index (χ1) is 18.3. The highest BCUT2D eigenvalue weighted by molar-refractivity contribution is 6.31. The zero-order valence-corrected chi connectivity index (χ0v) is 20.9. The SMILES string of the molecule is Cn1c(N2CCc3ccc(C(=O)O)cc3[C@@H]2c2ccccc2Cl)nc(-c2nc3ccccc3o2)c(O)c1=O. The Morgan fingerprint density at radius 3 is 2.58 bits per heavy atom. The molecular weight excluding hydrogens is 508 g/mol. The molecule has 2 N–H and O–H groups in total. The van der Waals surface area contributed by atoms with Gasteiger partial charge >= 0.3 is 5.97 Å². The Morgan fingerprint density at radius 1 is 1.05 bits per heavy atom. The van der Waals surface area contributed by atoms with Gasteiger partial charge in [-0.3, -0.25) is 9.36 Å². The summed E-state index contributed by atoms with van der Waals surface area (Å²) >= 11 is 6.65. The second kappa shape index (κ2) is 9.04. The number of carboxylic acid groups (broad SMARTS) is 1. The molecule has 0 fully saturated rings. The fraction of sp³-hybridized carbons (Fsp3) is 0.143. The van der Waals surface area contributed by atoms with Crippen molar-refractivity contribution in [2.45, 2.75) is 12.5 Å². The first-order valence-electron chi connectivity index (χ1n) is 11.9. The van der Waals surface area contributed by atoms with E-state index in [-0.39, 0.29) is 23.1 Å². The van der Waals surface area contributed by atoms with Gasteiger partial charge in [-0.25, -0.2) is 14.8 Å². The number of halogens is 1. The minimum Gasteiger partial charge on any atom is -0.501 e.